The lowest BCUT2D eigenvalue weighted by molar-refractivity contribution is -0.148. The summed E-state index contributed by atoms with van der Waals surface area (Å²) in [5.74, 6) is -0.443. The molecule has 1 heterocycles. The zero-order valence-corrected chi connectivity index (χ0v) is 11.6. The molecule has 21 heavy (non-hydrogen) atoms. The van der Waals surface area contributed by atoms with Crippen LogP contribution in [0.25, 0.3) is 0 Å². The molecule has 1 aromatic heterocycles. The van der Waals surface area contributed by atoms with Gasteiger partial charge in [-0.15, -0.1) is 0 Å². The molecule has 0 unspecified atom stereocenters. The van der Waals surface area contributed by atoms with Crippen LogP contribution in [0.1, 0.15) is 24.5 Å². The normalized spacial score (nSPS) is 12.4. The summed E-state index contributed by atoms with van der Waals surface area (Å²) in [5.41, 5.74) is 0.425. The first kappa shape index (κ1) is 15.2. The van der Waals surface area contributed by atoms with Crippen LogP contribution in [0, 0.1) is 0 Å². The van der Waals surface area contributed by atoms with E-state index >= 15 is 0 Å². The molecule has 0 saturated carbocycles. The maximum Gasteiger partial charge on any atom is 0.310 e. The van der Waals surface area contributed by atoms with Crippen LogP contribution in [0.3, 0.4) is 0 Å². The molecule has 4 nitrogen and oxygen atoms in total. The van der Waals surface area contributed by atoms with Crippen molar-refractivity contribution in [1.29, 1.82) is 0 Å². The Hall–Kier alpha value is -2.24. The minimum absolute atomic E-state index is 0.0238. The van der Waals surface area contributed by atoms with Gasteiger partial charge >= 0.3 is 5.97 Å². The molecule has 0 N–H and O–H groups in total. The van der Waals surface area contributed by atoms with Crippen LogP contribution in [-0.2, 0) is 22.5 Å². The number of hydrogen-bond donors (Lipinski definition) is 0. The average Bonchev–Trinajstić information content (AvgIpc) is 2.91. The van der Waals surface area contributed by atoms with E-state index in [2.05, 4.69) is 5.10 Å². The minimum atomic E-state index is -2.54. The molecule has 0 amide bonds. The van der Waals surface area contributed by atoms with Crippen molar-refractivity contribution < 1.29 is 18.3 Å². The van der Waals surface area contributed by atoms with Crippen LogP contribution >= 0.6 is 0 Å². The number of esters is 1. The fourth-order valence-corrected chi connectivity index (χ4v) is 1.98. The number of aromatic nitrogens is 2. The average molecular weight is 294 g/mol. The summed E-state index contributed by atoms with van der Waals surface area (Å²) in [6.07, 6.45) is 0.514. The first-order valence-corrected chi connectivity index (χ1v) is 6.58. The number of carbonyl (C=O) groups is 1. The van der Waals surface area contributed by atoms with Crippen LogP contribution in [0.2, 0.25) is 0 Å². The summed E-state index contributed by atoms with van der Waals surface area (Å²) >= 11 is 0. The topological polar surface area (TPSA) is 44.1 Å². The van der Waals surface area contributed by atoms with Crippen molar-refractivity contribution >= 4 is 5.97 Å². The molecule has 112 valence electrons. The van der Waals surface area contributed by atoms with Crippen molar-refractivity contribution in [2.45, 2.75) is 32.4 Å². The number of carbonyl (C=O) groups excluding carboxylic acids is 1. The van der Waals surface area contributed by atoms with Crippen LogP contribution < -0.4 is 0 Å². The van der Waals surface area contributed by atoms with Crippen LogP contribution in [0.15, 0.2) is 42.7 Å². The quantitative estimate of drug-likeness (QED) is 0.769. The van der Waals surface area contributed by atoms with E-state index in [1.165, 1.54) is 18.2 Å². The molecule has 0 aliphatic heterocycles. The maximum atomic E-state index is 12.6. The summed E-state index contributed by atoms with van der Waals surface area (Å²) in [6.45, 7) is 2.21. The van der Waals surface area contributed by atoms with Gasteiger partial charge in [0.1, 0.15) is 6.10 Å². The van der Waals surface area contributed by atoms with Gasteiger partial charge in [0.05, 0.1) is 13.0 Å². The van der Waals surface area contributed by atoms with Gasteiger partial charge in [-0.25, -0.2) is 8.78 Å². The molecule has 1 atom stereocenters. The molecule has 0 aliphatic carbocycles. The van der Waals surface area contributed by atoms with E-state index in [4.69, 9.17) is 4.74 Å². The van der Waals surface area contributed by atoms with Gasteiger partial charge in [0.25, 0.3) is 6.43 Å². The SMILES string of the molecule is C[C@@H](Cn1cccn1)OC(=O)Cc1cccc(C(F)F)c1. The smallest absolute Gasteiger partial charge is 0.310 e. The zero-order valence-electron chi connectivity index (χ0n) is 11.6. The molecule has 1 aromatic carbocycles. The number of alkyl halides is 2. The Morgan fingerprint density at radius 1 is 1.38 bits per heavy atom. The summed E-state index contributed by atoms with van der Waals surface area (Å²) in [6, 6.07) is 7.58. The van der Waals surface area contributed by atoms with Gasteiger partial charge in [-0.2, -0.15) is 5.10 Å². The Bertz CT molecular complexity index is 585. The number of hydrogen-bond acceptors (Lipinski definition) is 3. The highest BCUT2D eigenvalue weighted by atomic mass is 19.3. The molecule has 0 saturated heterocycles. The molecule has 0 radical (unpaired) electrons. The van der Waals surface area contributed by atoms with E-state index in [9.17, 15) is 13.6 Å². The van der Waals surface area contributed by atoms with Crippen LogP contribution in [-0.4, -0.2) is 21.9 Å². The predicted molar refractivity (Wildman–Crippen MR) is 72.9 cm³/mol. The number of benzene rings is 1. The Morgan fingerprint density at radius 3 is 2.86 bits per heavy atom. The number of halogens is 2. The summed E-state index contributed by atoms with van der Waals surface area (Å²) in [7, 11) is 0. The van der Waals surface area contributed by atoms with Gasteiger partial charge < -0.3 is 4.74 Å². The van der Waals surface area contributed by atoms with E-state index in [1.54, 1.807) is 36.1 Å². The molecular formula is C15H16F2N2O2. The van der Waals surface area contributed by atoms with Gasteiger partial charge in [-0.05, 0) is 24.6 Å². The van der Waals surface area contributed by atoms with Gasteiger partial charge in [0.15, 0.2) is 0 Å². The second-order valence-electron chi connectivity index (χ2n) is 4.75. The first-order chi connectivity index (χ1) is 10.0. The highest BCUT2D eigenvalue weighted by molar-refractivity contribution is 5.72. The highest BCUT2D eigenvalue weighted by Gasteiger charge is 2.13. The Kier molecular flexibility index (Phi) is 5.03. The van der Waals surface area contributed by atoms with E-state index < -0.39 is 12.4 Å². The molecule has 2 aromatic rings. The van der Waals surface area contributed by atoms with Crippen molar-refractivity contribution in [3.8, 4) is 0 Å². The summed E-state index contributed by atoms with van der Waals surface area (Å²) < 4.78 is 32.1. The standard InChI is InChI=1S/C15H16F2N2O2/c1-11(10-19-7-3-6-18-19)21-14(20)9-12-4-2-5-13(8-12)15(16)17/h2-8,11,15H,9-10H2,1H3/t11-/m0/s1. The van der Waals surface area contributed by atoms with E-state index in [0.29, 0.717) is 12.1 Å². The van der Waals surface area contributed by atoms with E-state index in [0.717, 1.165) is 0 Å². The van der Waals surface area contributed by atoms with Crippen molar-refractivity contribution in [1.82, 2.24) is 9.78 Å². The Morgan fingerprint density at radius 2 is 2.19 bits per heavy atom. The van der Waals surface area contributed by atoms with E-state index in [-0.39, 0.29) is 18.1 Å². The van der Waals surface area contributed by atoms with Crippen molar-refractivity contribution in [3.63, 3.8) is 0 Å². The lowest BCUT2D eigenvalue weighted by Crippen LogP contribution is -2.22. The lowest BCUT2D eigenvalue weighted by Gasteiger charge is -2.13. The second-order valence-corrected chi connectivity index (χ2v) is 4.75. The molecule has 2 rings (SSSR count). The number of rotatable bonds is 6. The summed E-state index contributed by atoms with van der Waals surface area (Å²) in [5, 5.41) is 4.02. The monoisotopic (exact) mass is 294 g/mol. The number of ether oxygens (including phenoxy) is 1. The Balaban J connectivity index is 1.88. The summed E-state index contributed by atoms with van der Waals surface area (Å²) in [4.78, 5) is 11.8. The van der Waals surface area contributed by atoms with Gasteiger partial charge in [0.2, 0.25) is 0 Å². The molecule has 0 spiro atoms. The number of nitrogens with zero attached hydrogens (tertiary/aromatic N) is 2. The van der Waals surface area contributed by atoms with Crippen LogP contribution in [0.5, 0.6) is 0 Å². The van der Waals surface area contributed by atoms with Crippen molar-refractivity contribution in [3.05, 3.63) is 53.9 Å². The fraction of sp³-hybridized carbons (Fsp3) is 0.333. The zero-order chi connectivity index (χ0) is 15.2. The molecule has 0 fully saturated rings. The van der Waals surface area contributed by atoms with E-state index in [1.807, 2.05) is 0 Å². The molecular weight excluding hydrogens is 278 g/mol. The van der Waals surface area contributed by atoms with Gasteiger partial charge in [-0.1, -0.05) is 18.2 Å². The second kappa shape index (κ2) is 6.97. The maximum absolute atomic E-state index is 12.6. The third kappa shape index (κ3) is 4.66. The predicted octanol–water partition coefficient (Wildman–Crippen LogP) is 3.00. The third-order valence-corrected chi connectivity index (χ3v) is 2.89. The fourth-order valence-electron chi connectivity index (χ4n) is 1.98. The van der Waals surface area contributed by atoms with Gasteiger partial charge in [0, 0.05) is 18.0 Å². The molecule has 0 aliphatic rings. The Labute approximate surface area is 121 Å². The lowest BCUT2D eigenvalue weighted by atomic mass is 10.1. The van der Waals surface area contributed by atoms with Crippen molar-refractivity contribution in [2.75, 3.05) is 0 Å². The van der Waals surface area contributed by atoms with Crippen molar-refractivity contribution in [2.24, 2.45) is 0 Å². The van der Waals surface area contributed by atoms with Crippen LogP contribution in [0.4, 0.5) is 8.78 Å². The van der Waals surface area contributed by atoms with Gasteiger partial charge in [-0.3, -0.25) is 9.48 Å². The first-order valence-electron chi connectivity index (χ1n) is 6.58. The highest BCUT2D eigenvalue weighted by Crippen LogP contribution is 2.19. The largest absolute Gasteiger partial charge is 0.460 e. The molecule has 0 bridgehead atoms. The third-order valence-electron chi connectivity index (χ3n) is 2.89. The molecule has 6 heteroatoms. The minimum Gasteiger partial charge on any atom is -0.460 e.